The minimum atomic E-state index is -0.838. The van der Waals surface area contributed by atoms with Crippen molar-refractivity contribution in [1.82, 2.24) is 4.90 Å². The van der Waals surface area contributed by atoms with Crippen molar-refractivity contribution in [2.45, 2.75) is 44.8 Å². The molecule has 19 heavy (non-hydrogen) atoms. The fourth-order valence-corrected chi connectivity index (χ4v) is 4.07. The molecule has 1 N–H and O–H groups in total. The molecular formula is C14H21NO4. The maximum Gasteiger partial charge on any atom is 0.326 e. The van der Waals surface area contributed by atoms with Crippen LogP contribution in [0.3, 0.4) is 0 Å². The van der Waals surface area contributed by atoms with Gasteiger partial charge in [-0.15, -0.1) is 0 Å². The fraction of sp³-hybridized carbons (Fsp3) is 0.857. The van der Waals surface area contributed by atoms with Gasteiger partial charge in [0.05, 0.1) is 18.6 Å². The van der Waals surface area contributed by atoms with Gasteiger partial charge < -0.3 is 14.7 Å². The van der Waals surface area contributed by atoms with E-state index in [4.69, 9.17) is 4.74 Å². The maximum absolute atomic E-state index is 12.5. The molecule has 0 bridgehead atoms. The summed E-state index contributed by atoms with van der Waals surface area (Å²) in [6, 6.07) is -0.601. The number of carbonyl (C=O) groups is 2. The Kier molecular flexibility index (Phi) is 3.25. The molecule has 0 radical (unpaired) electrons. The lowest BCUT2D eigenvalue weighted by atomic mass is 9.94. The molecular weight excluding hydrogens is 246 g/mol. The lowest BCUT2D eigenvalue weighted by Gasteiger charge is -2.26. The van der Waals surface area contributed by atoms with Gasteiger partial charge in [0.1, 0.15) is 6.04 Å². The molecule has 5 unspecified atom stereocenters. The van der Waals surface area contributed by atoms with Gasteiger partial charge in [0.2, 0.25) is 5.91 Å². The van der Waals surface area contributed by atoms with E-state index in [1.807, 2.05) is 6.92 Å². The van der Waals surface area contributed by atoms with E-state index in [0.717, 1.165) is 25.7 Å². The number of carbonyl (C=O) groups excluding carboxylic acids is 1. The number of likely N-dealkylation sites (tertiary alicyclic amines) is 1. The first kappa shape index (κ1) is 12.9. The van der Waals surface area contributed by atoms with E-state index >= 15 is 0 Å². The molecule has 3 fully saturated rings. The van der Waals surface area contributed by atoms with Crippen molar-refractivity contribution in [1.29, 1.82) is 0 Å². The molecule has 5 atom stereocenters. The van der Waals surface area contributed by atoms with Crippen LogP contribution in [0.2, 0.25) is 0 Å². The first-order valence-corrected chi connectivity index (χ1v) is 7.23. The molecule has 5 nitrogen and oxygen atoms in total. The first-order valence-electron chi connectivity index (χ1n) is 7.23. The Morgan fingerprint density at radius 1 is 1.32 bits per heavy atom. The van der Waals surface area contributed by atoms with Gasteiger partial charge in [-0.3, -0.25) is 4.79 Å². The van der Waals surface area contributed by atoms with Gasteiger partial charge in [-0.2, -0.15) is 0 Å². The minimum absolute atomic E-state index is 0.00819. The van der Waals surface area contributed by atoms with Crippen LogP contribution in [-0.4, -0.2) is 47.2 Å². The molecule has 3 rings (SSSR count). The third kappa shape index (κ3) is 2.14. The Labute approximate surface area is 112 Å². The van der Waals surface area contributed by atoms with Crippen molar-refractivity contribution >= 4 is 11.9 Å². The summed E-state index contributed by atoms with van der Waals surface area (Å²) in [5.41, 5.74) is 0. The van der Waals surface area contributed by atoms with Crippen molar-refractivity contribution in [2.75, 3.05) is 13.2 Å². The second-order valence-electron chi connectivity index (χ2n) is 6.21. The summed E-state index contributed by atoms with van der Waals surface area (Å²) in [6.07, 6.45) is 3.94. The summed E-state index contributed by atoms with van der Waals surface area (Å²) < 4.78 is 5.44. The van der Waals surface area contributed by atoms with Crippen LogP contribution in [0.25, 0.3) is 0 Å². The average Bonchev–Trinajstić information content (AvgIpc) is 3.00. The number of carboxylic acids is 1. The molecule has 2 aliphatic heterocycles. The quantitative estimate of drug-likeness (QED) is 0.814. The first-order chi connectivity index (χ1) is 9.08. The summed E-state index contributed by atoms with van der Waals surface area (Å²) in [7, 11) is 0. The van der Waals surface area contributed by atoms with Crippen LogP contribution < -0.4 is 0 Å². The fourth-order valence-electron chi connectivity index (χ4n) is 4.07. The van der Waals surface area contributed by atoms with Gasteiger partial charge >= 0.3 is 5.97 Å². The Morgan fingerprint density at radius 2 is 2.11 bits per heavy atom. The van der Waals surface area contributed by atoms with Crippen molar-refractivity contribution in [3.05, 3.63) is 0 Å². The van der Waals surface area contributed by atoms with Gasteiger partial charge in [-0.1, -0.05) is 6.42 Å². The topological polar surface area (TPSA) is 66.8 Å². The molecule has 1 amide bonds. The molecule has 0 spiro atoms. The van der Waals surface area contributed by atoms with Crippen LogP contribution in [0, 0.1) is 17.8 Å². The molecule has 1 aliphatic carbocycles. The molecule has 2 heterocycles. The molecule has 0 aromatic heterocycles. The van der Waals surface area contributed by atoms with Gasteiger partial charge in [0, 0.05) is 6.54 Å². The van der Waals surface area contributed by atoms with E-state index in [1.165, 1.54) is 0 Å². The highest BCUT2D eigenvalue weighted by molar-refractivity contribution is 5.86. The van der Waals surface area contributed by atoms with Crippen LogP contribution in [0.15, 0.2) is 0 Å². The highest BCUT2D eigenvalue weighted by Gasteiger charge is 2.50. The third-order valence-corrected chi connectivity index (χ3v) is 4.97. The summed E-state index contributed by atoms with van der Waals surface area (Å²) in [4.78, 5) is 25.7. The average molecular weight is 267 g/mol. The largest absolute Gasteiger partial charge is 0.480 e. The monoisotopic (exact) mass is 267 g/mol. The molecule has 3 aliphatic rings. The molecule has 106 valence electrons. The van der Waals surface area contributed by atoms with E-state index in [1.54, 1.807) is 4.90 Å². The van der Waals surface area contributed by atoms with Gasteiger partial charge in [0.25, 0.3) is 0 Å². The van der Waals surface area contributed by atoms with Crippen LogP contribution in [0.4, 0.5) is 0 Å². The zero-order valence-corrected chi connectivity index (χ0v) is 11.2. The van der Waals surface area contributed by atoms with Crippen molar-refractivity contribution in [3.8, 4) is 0 Å². The maximum atomic E-state index is 12.5. The number of fused-ring (bicyclic) bond motifs is 1. The second kappa shape index (κ2) is 4.78. The third-order valence-electron chi connectivity index (χ3n) is 4.97. The summed E-state index contributed by atoms with van der Waals surface area (Å²) in [5.74, 6) is -0.428. The Balaban J connectivity index is 1.76. The molecule has 5 heteroatoms. The standard InChI is InChI=1S/C14H21NO4/c1-8-5-10(7-19-8)13(16)15-6-9-3-2-4-11(9)12(15)14(17)18/h8-12H,2-7H2,1H3,(H,17,18). The predicted octanol–water partition coefficient (Wildman–Crippen LogP) is 1.12. The van der Waals surface area contributed by atoms with Crippen molar-refractivity contribution < 1.29 is 19.4 Å². The highest BCUT2D eigenvalue weighted by atomic mass is 16.5. The van der Waals surface area contributed by atoms with E-state index < -0.39 is 12.0 Å². The number of ether oxygens (including phenoxy) is 1. The van der Waals surface area contributed by atoms with E-state index in [9.17, 15) is 14.7 Å². The lowest BCUT2D eigenvalue weighted by Crippen LogP contribution is -2.46. The van der Waals surface area contributed by atoms with Crippen LogP contribution >= 0.6 is 0 Å². The number of hydrogen-bond donors (Lipinski definition) is 1. The van der Waals surface area contributed by atoms with Crippen molar-refractivity contribution in [2.24, 2.45) is 17.8 Å². The number of aliphatic carboxylic acids is 1. The summed E-state index contributed by atoms with van der Waals surface area (Å²) in [5, 5.41) is 9.45. The predicted molar refractivity (Wildman–Crippen MR) is 67.5 cm³/mol. The number of rotatable bonds is 2. The minimum Gasteiger partial charge on any atom is -0.480 e. The Morgan fingerprint density at radius 3 is 2.74 bits per heavy atom. The van der Waals surface area contributed by atoms with Crippen LogP contribution in [0.1, 0.15) is 32.6 Å². The molecule has 0 aromatic carbocycles. The smallest absolute Gasteiger partial charge is 0.326 e. The highest BCUT2D eigenvalue weighted by Crippen LogP contribution is 2.43. The van der Waals surface area contributed by atoms with E-state index in [0.29, 0.717) is 19.1 Å². The second-order valence-corrected chi connectivity index (χ2v) is 6.21. The summed E-state index contributed by atoms with van der Waals surface area (Å²) >= 11 is 0. The summed E-state index contributed by atoms with van der Waals surface area (Å²) in [6.45, 7) is 3.03. The normalized spacial score (nSPS) is 41.5. The molecule has 1 saturated carbocycles. The Hall–Kier alpha value is -1.10. The van der Waals surface area contributed by atoms with Gasteiger partial charge in [-0.05, 0) is 38.0 Å². The zero-order valence-electron chi connectivity index (χ0n) is 11.2. The van der Waals surface area contributed by atoms with E-state index in [-0.39, 0.29) is 23.8 Å². The number of carboxylic acid groups (broad SMARTS) is 1. The Bertz CT molecular complexity index is 397. The lowest BCUT2D eigenvalue weighted by molar-refractivity contribution is -0.151. The van der Waals surface area contributed by atoms with Gasteiger partial charge in [-0.25, -0.2) is 4.79 Å². The van der Waals surface area contributed by atoms with E-state index in [2.05, 4.69) is 0 Å². The molecule has 0 aromatic rings. The number of nitrogens with zero attached hydrogens (tertiary/aromatic N) is 1. The zero-order chi connectivity index (χ0) is 13.6. The van der Waals surface area contributed by atoms with Gasteiger partial charge in [0.15, 0.2) is 0 Å². The molecule has 2 saturated heterocycles. The SMILES string of the molecule is CC1CC(C(=O)N2CC3CCCC3C2C(=O)O)CO1. The number of amides is 1. The number of hydrogen-bond acceptors (Lipinski definition) is 3. The van der Waals surface area contributed by atoms with Crippen LogP contribution in [-0.2, 0) is 14.3 Å². The van der Waals surface area contributed by atoms with Crippen molar-refractivity contribution in [3.63, 3.8) is 0 Å². The van der Waals surface area contributed by atoms with Crippen LogP contribution in [0.5, 0.6) is 0 Å².